The number of fused-ring (bicyclic) bond motifs is 1. The number of amidine groups is 1. The summed E-state index contributed by atoms with van der Waals surface area (Å²) in [5.74, 6) is 0.168. The molecular formula is C16H18F3N5S. The summed E-state index contributed by atoms with van der Waals surface area (Å²) in [7, 11) is 0. The zero-order chi connectivity index (χ0) is 18.2. The van der Waals surface area contributed by atoms with E-state index in [0.717, 1.165) is 12.1 Å². The zero-order valence-electron chi connectivity index (χ0n) is 13.8. The fourth-order valence-corrected chi connectivity index (χ4v) is 3.50. The van der Waals surface area contributed by atoms with Crippen LogP contribution in [0.25, 0.3) is 0 Å². The minimum Gasteiger partial charge on any atom is -0.339 e. The van der Waals surface area contributed by atoms with Gasteiger partial charge in [-0.05, 0) is 30.2 Å². The van der Waals surface area contributed by atoms with Gasteiger partial charge in [0.2, 0.25) is 5.79 Å². The quantitative estimate of drug-likeness (QED) is 0.852. The van der Waals surface area contributed by atoms with Gasteiger partial charge in [0.15, 0.2) is 5.84 Å². The Morgan fingerprint density at radius 3 is 2.52 bits per heavy atom. The SMILES string of the molecule is CC(C)CC1(N)N=C(Nc2ccc(C(F)(F)F)cc2)C2=NCSC2=N1. The van der Waals surface area contributed by atoms with E-state index in [9.17, 15) is 13.2 Å². The third-order valence-corrected chi connectivity index (χ3v) is 4.45. The van der Waals surface area contributed by atoms with Crippen LogP contribution >= 0.6 is 11.8 Å². The molecule has 0 saturated heterocycles. The Kier molecular flexibility index (Phi) is 4.63. The van der Waals surface area contributed by atoms with Gasteiger partial charge in [-0.25, -0.2) is 9.98 Å². The summed E-state index contributed by atoms with van der Waals surface area (Å²) in [5.41, 5.74) is 6.70. The standard InChI is InChI=1S/C16H18F3N5S/c1-9(2)7-15(20)23-13(12-14(24-15)25-8-21-12)22-11-5-3-10(4-6-11)16(17,18)19/h3-6,9H,7-8,20H2,1-2H3,(H,22,23). The van der Waals surface area contributed by atoms with Gasteiger partial charge in [-0.3, -0.25) is 10.7 Å². The van der Waals surface area contributed by atoms with Crippen molar-refractivity contribution in [3.05, 3.63) is 29.8 Å². The van der Waals surface area contributed by atoms with Crippen LogP contribution in [-0.4, -0.2) is 28.3 Å². The molecule has 1 aromatic carbocycles. The first kappa shape index (κ1) is 17.9. The summed E-state index contributed by atoms with van der Waals surface area (Å²) in [5, 5.41) is 3.75. The van der Waals surface area contributed by atoms with Crippen molar-refractivity contribution in [2.75, 3.05) is 11.2 Å². The van der Waals surface area contributed by atoms with Gasteiger partial charge in [0.25, 0.3) is 0 Å². The molecule has 0 bridgehead atoms. The number of rotatable bonds is 3. The molecule has 2 aliphatic heterocycles. The molecule has 3 N–H and O–H groups in total. The topological polar surface area (TPSA) is 75.1 Å². The number of thioether (sulfide) groups is 1. The second-order valence-corrected chi connectivity index (χ2v) is 7.27. The summed E-state index contributed by atoms with van der Waals surface area (Å²) in [6, 6.07) is 4.77. The highest BCUT2D eigenvalue weighted by molar-refractivity contribution is 8.16. The van der Waals surface area contributed by atoms with Crippen LogP contribution in [0.15, 0.2) is 39.2 Å². The molecule has 0 aromatic heterocycles. The van der Waals surface area contributed by atoms with Crippen LogP contribution in [-0.2, 0) is 6.18 Å². The summed E-state index contributed by atoms with van der Waals surface area (Å²) >= 11 is 1.47. The maximum absolute atomic E-state index is 12.7. The fraction of sp³-hybridized carbons (Fsp3) is 0.438. The van der Waals surface area contributed by atoms with E-state index in [1.165, 1.54) is 23.9 Å². The molecule has 1 unspecified atom stereocenters. The number of hydrogen-bond donors (Lipinski definition) is 2. The molecule has 0 amide bonds. The highest BCUT2D eigenvalue weighted by Crippen LogP contribution is 2.31. The Morgan fingerprint density at radius 1 is 1.24 bits per heavy atom. The Balaban J connectivity index is 1.87. The highest BCUT2D eigenvalue weighted by atomic mass is 32.2. The molecule has 134 valence electrons. The molecule has 5 nitrogen and oxygen atoms in total. The van der Waals surface area contributed by atoms with Crippen LogP contribution in [0.4, 0.5) is 18.9 Å². The molecule has 2 aliphatic rings. The van der Waals surface area contributed by atoms with E-state index in [4.69, 9.17) is 5.73 Å². The number of nitrogens with one attached hydrogen (secondary N) is 1. The molecule has 1 aromatic rings. The monoisotopic (exact) mass is 369 g/mol. The highest BCUT2D eigenvalue weighted by Gasteiger charge is 2.36. The molecule has 0 spiro atoms. The molecule has 9 heteroatoms. The van der Waals surface area contributed by atoms with E-state index < -0.39 is 17.5 Å². The number of nitrogens with zero attached hydrogens (tertiary/aromatic N) is 3. The van der Waals surface area contributed by atoms with Crippen LogP contribution in [0, 0.1) is 5.92 Å². The van der Waals surface area contributed by atoms with Crippen LogP contribution in [0.1, 0.15) is 25.8 Å². The number of nitrogens with two attached hydrogens (primary N) is 1. The Hall–Kier alpha value is -1.87. The van der Waals surface area contributed by atoms with Crippen molar-refractivity contribution in [1.29, 1.82) is 0 Å². The van der Waals surface area contributed by atoms with Gasteiger partial charge in [-0.2, -0.15) is 13.2 Å². The third kappa shape index (κ3) is 4.04. The summed E-state index contributed by atoms with van der Waals surface area (Å²) in [6.07, 6.45) is -3.81. The number of anilines is 1. The Morgan fingerprint density at radius 2 is 1.92 bits per heavy atom. The second-order valence-electron chi connectivity index (χ2n) is 6.33. The van der Waals surface area contributed by atoms with Gasteiger partial charge < -0.3 is 5.32 Å². The lowest BCUT2D eigenvalue weighted by atomic mass is 10.0. The predicted octanol–water partition coefficient (Wildman–Crippen LogP) is 3.73. The van der Waals surface area contributed by atoms with Gasteiger partial charge in [-0.15, -0.1) is 0 Å². The molecule has 25 heavy (non-hydrogen) atoms. The normalized spacial score (nSPS) is 23.1. The number of alkyl halides is 3. The maximum Gasteiger partial charge on any atom is 0.416 e. The van der Waals surface area contributed by atoms with Crippen LogP contribution < -0.4 is 11.1 Å². The zero-order valence-corrected chi connectivity index (χ0v) is 14.6. The van der Waals surface area contributed by atoms with Gasteiger partial charge in [0.1, 0.15) is 10.8 Å². The number of aliphatic imine (C=N–C) groups is 3. The van der Waals surface area contributed by atoms with Crippen molar-refractivity contribution in [1.82, 2.24) is 0 Å². The minimum absolute atomic E-state index is 0.287. The van der Waals surface area contributed by atoms with Crippen molar-refractivity contribution in [3.8, 4) is 0 Å². The first-order chi connectivity index (χ1) is 11.7. The predicted molar refractivity (Wildman–Crippen MR) is 96.2 cm³/mol. The number of halogens is 3. The van der Waals surface area contributed by atoms with E-state index in [1.807, 2.05) is 13.8 Å². The van der Waals surface area contributed by atoms with Crippen molar-refractivity contribution in [3.63, 3.8) is 0 Å². The van der Waals surface area contributed by atoms with Gasteiger partial charge >= 0.3 is 6.18 Å². The largest absolute Gasteiger partial charge is 0.416 e. The fourth-order valence-electron chi connectivity index (χ4n) is 2.66. The second kappa shape index (κ2) is 6.45. The number of hydrogen-bond acceptors (Lipinski definition) is 6. The smallest absolute Gasteiger partial charge is 0.339 e. The van der Waals surface area contributed by atoms with Gasteiger partial charge in [-0.1, -0.05) is 25.6 Å². The lowest BCUT2D eigenvalue weighted by molar-refractivity contribution is -0.137. The first-order valence-corrected chi connectivity index (χ1v) is 8.76. The average molecular weight is 369 g/mol. The van der Waals surface area contributed by atoms with Crippen molar-refractivity contribution in [2.45, 2.75) is 32.2 Å². The number of benzene rings is 1. The van der Waals surface area contributed by atoms with E-state index in [1.54, 1.807) is 0 Å². The minimum atomic E-state index is -4.36. The molecule has 0 radical (unpaired) electrons. The van der Waals surface area contributed by atoms with Crippen molar-refractivity contribution >= 4 is 34.0 Å². The van der Waals surface area contributed by atoms with E-state index >= 15 is 0 Å². The molecule has 3 rings (SSSR count). The molecule has 0 saturated carbocycles. The van der Waals surface area contributed by atoms with Crippen LogP contribution in [0.2, 0.25) is 0 Å². The molecule has 0 fully saturated rings. The Labute approximate surface area is 147 Å². The lowest BCUT2D eigenvalue weighted by Gasteiger charge is -2.28. The van der Waals surface area contributed by atoms with Crippen molar-refractivity contribution in [2.24, 2.45) is 26.6 Å². The summed E-state index contributed by atoms with van der Waals surface area (Å²) in [6.45, 7) is 4.05. The molecule has 2 heterocycles. The summed E-state index contributed by atoms with van der Waals surface area (Å²) in [4.78, 5) is 13.4. The third-order valence-electron chi connectivity index (χ3n) is 3.64. The lowest BCUT2D eigenvalue weighted by Crippen LogP contribution is -2.46. The van der Waals surface area contributed by atoms with Crippen molar-refractivity contribution < 1.29 is 13.2 Å². The van der Waals surface area contributed by atoms with E-state index in [2.05, 4.69) is 20.3 Å². The molecule has 0 aliphatic carbocycles. The molecular weight excluding hydrogens is 351 g/mol. The van der Waals surface area contributed by atoms with Gasteiger partial charge in [0.05, 0.1) is 11.4 Å². The van der Waals surface area contributed by atoms with Gasteiger partial charge in [0, 0.05) is 12.1 Å². The first-order valence-electron chi connectivity index (χ1n) is 7.77. The average Bonchev–Trinajstić information content (AvgIpc) is 2.93. The van der Waals surface area contributed by atoms with E-state index in [0.29, 0.717) is 34.6 Å². The Bertz CT molecular complexity index is 752. The van der Waals surface area contributed by atoms with Crippen LogP contribution in [0.3, 0.4) is 0 Å². The summed E-state index contributed by atoms with van der Waals surface area (Å²) < 4.78 is 38.0. The van der Waals surface area contributed by atoms with Crippen LogP contribution in [0.5, 0.6) is 0 Å². The molecule has 1 atom stereocenters. The van der Waals surface area contributed by atoms with E-state index in [-0.39, 0.29) is 5.92 Å². The maximum atomic E-state index is 12.7.